The number of urea groups is 1. The van der Waals surface area contributed by atoms with Crippen LogP contribution in [0.1, 0.15) is 23.6 Å². The first kappa shape index (κ1) is 22.1. The summed E-state index contributed by atoms with van der Waals surface area (Å²) >= 11 is 0. The second-order valence-corrected chi connectivity index (χ2v) is 7.88. The Kier molecular flexibility index (Phi) is 5.65. The van der Waals surface area contributed by atoms with Crippen LogP contribution in [-0.2, 0) is 0 Å². The third-order valence-corrected chi connectivity index (χ3v) is 5.76. The van der Waals surface area contributed by atoms with Crippen LogP contribution in [0.3, 0.4) is 0 Å². The minimum Gasteiger partial charge on any atom is -0.337 e. The van der Waals surface area contributed by atoms with Crippen molar-refractivity contribution in [2.75, 3.05) is 31.1 Å². The number of aromatic amines is 1. The van der Waals surface area contributed by atoms with E-state index < -0.39 is 23.4 Å². The number of piperazine rings is 1. The summed E-state index contributed by atoms with van der Waals surface area (Å²) < 4.78 is 29.0. The molecule has 2 aliphatic heterocycles. The number of nitrogens with zero attached hydrogens (tertiary/aromatic N) is 9. The van der Waals surface area contributed by atoms with Gasteiger partial charge in [0.15, 0.2) is 11.6 Å². The lowest BCUT2D eigenvalue weighted by molar-refractivity contribution is 0.139. The van der Waals surface area contributed by atoms with Crippen molar-refractivity contribution in [3.8, 4) is 11.9 Å². The first-order valence-electron chi connectivity index (χ1n) is 10.7. The number of nitrogens with one attached hydrogen (secondary N) is 1. The molecule has 0 saturated carbocycles. The second kappa shape index (κ2) is 8.93. The number of amides is 2. The van der Waals surface area contributed by atoms with Crippen LogP contribution in [0.2, 0.25) is 0 Å². The molecule has 1 atom stereocenters. The van der Waals surface area contributed by atoms with Gasteiger partial charge in [-0.1, -0.05) is 0 Å². The fourth-order valence-corrected chi connectivity index (χ4v) is 4.04. The topological polar surface area (TPSA) is 139 Å². The zero-order chi connectivity index (χ0) is 24.5. The molecule has 14 heteroatoms. The lowest BCUT2D eigenvalue weighted by Crippen LogP contribution is -2.52. The van der Waals surface area contributed by atoms with Gasteiger partial charge in [0.1, 0.15) is 12.1 Å². The maximum Gasteiger partial charge on any atom is 0.349 e. The Balaban J connectivity index is 1.29. The average Bonchev–Trinajstić information content (AvgIpc) is 3.53. The number of H-pyrrole nitrogens is 1. The van der Waals surface area contributed by atoms with Crippen molar-refractivity contribution in [1.29, 1.82) is 5.26 Å². The van der Waals surface area contributed by atoms with Crippen LogP contribution in [0.4, 0.5) is 19.5 Å². The molecular formula is C21H18F2N10O2. The summed E-state index contributed by atoms with van der Waals surface area (Å²) in [5.74, 6) is -1.43. The summed E-state index contributed by atoms with van der Waals surface area (Å²) in [5.41, 5.74) is 0.0282. The van der Waals surface area contributed by atoms with Crippen LogP contribution >= 0.6 is 0 Å². The standard InChI is InChI=1S/C21H18F2N10O2/c22-15-8-13(10-24)7-14(9-15)17-1-2-27-32(17)21(35)31-5-3-30(4-6-31)19-25-11-16(23)18(29-19)33-20(34)26-12-28-33/h2,7-9,11-12,17H,1,3-6H2,(H,26,28,34). The van der Waals surface area contributed by atoms with Crippen molar-refractivity contribution in [3.63, 3.8) is 0 Å². The van der Waals surface area contributed by atoms with Gasteiger partial charge in [-0.25, -0.2) is 28.4 Å². The molecular weight excluding hydrogens is 462 g/mol. The third kappa shape index (κ3) is 4.19. The maximum absolute atomic E-state index is 14.2. The Labute approximate surface area is 196 Å². The third-order valence-electron chi connectivity index (χ3n) is 5.76. The van der Waals surface area contributed by atoms with E-state index in [1.807, 2.05) is 6.07 Å². The summed E-state index contributed by atoms with van der Waals surface area (Å²) in [4.78, 5) is 38.8. The van der Waals surface area contributed by atoms with Gasteiger partial charge in [0.25, 0.3) is 0 Å². The summed E-state index contributed by atoms with van der Waals surface area (Å²) in [7, 11) is 0. The van der Waals surface area contributed by atoms with Crippen LogP contribution in [-0.4, -0.2) is 73.1 Å². The highest BCUT2D eigenvalue weighted by Gasteiger charge is 2.34. The van der Waals surface area contributed by atoms with Gasteiger partial charge in [-0.2, -0.15) is 25.1 Å². The molecule has 1 unspecified atom stereocenters. The predicted octanol–water partition coefficient (Wildman–Crippen LogP) is 1.18. The van der Waals surface area contributed by atoms with Gasteiger partial charge in [-0.05, 0) is 23.8 Å². The molecule has 4 heterocycles. The molecule has 35 heavy (non-hydrogen) atoms. The minimum absolute atomic E-state index is 0.170. The fourth-order valence-electron chi connectivity index (χ4n) is 4.04. The molecule has 2 aliphatic rings. The van der Waals surface area contributed by atoms with Crippen molar-refractivity contribution in [2.45, 2.75) is 12.5 Å². The van der Waals surface area contributed by atoms with Crippen molar-refractivity contribution < 1.29 is 13.6 Å². The lowest BCUT2D eigenvalue weighted by atomic mass is 10.0. The number of hydrogen-bond acceptors (Lipinski definition) is 8. The number of nitriles is 1. The van der Waals surface area contributed by atoms with E-state index in [9.17, 15) is 18.4 Å². The molecule has 1 fully saturated rings. The van der Waals surface area contributed by atoms with Crippen molar-refractivity contribution in [2.24, 2.45) is 5.10 Å². The monoisotopic (exact) mass is 480 g/mol. The van der Waals surface area contributed by atoms with Gasteiger partial charge in [0.05, 0.1) is 23.9 Å². The molecule has 3 aromatic rings. The number of hydrazone groups is 1. The van der Waals surface area contributed by atoms with E-state index in [1.165, 1.54) is 11.1 Å². The minimum atomic E-state index is -0.799. The summed E-state index contributed by atoms with van der Waals surface area (Å²) in [5, 5.41) is 18.4. The highest BCUT2D eigenvalue weighted by molar-refractivity contribution is 5.78. The molecule has 1 saturated heterocycles. The Morgan fingerprint density at radius 2 is 1.97 bits per heavy atom. The number of carbonyl (C=O) groups excluding carboxylic acids is 1. The second-order valence-electron chi connectivity index (χ2n) is 7.88. The molecule has 1 N–H and O–H groups in total. The fraction of sp³-hybridized carbons (Fsp3) is 0.286. The molecule has 12 nitrogen and oxygen atoms in total. The number of benzene rings is 1. The van der Waals surface area contributed by atoms with Crippen LogP contribution < -0.4 is 10.6 Å². The molecule has 178 valence electrons. The number of hydrogen-bond donors (Lipinski definition) is 1. The first-order chi connectivity index (χ1) is 16.9. The smallest absolute Gasteiger partial charge is 0.337 e. The Morgan fingerprint density at radius 1 is 1.17 bits per heavy atom. The predicted molar refractivity (Wildman–Crippen MR) is 118 cm³/mol. The van der Waals surface area contributed by atoms with E-state index in [-0.39, 0.29) is 23.4 Å². The van der Waals surface area contributed by atoms with Crippen molar-refractivity contribution in [1.82, 2.24) is 34.6 Å². The molecule has 0 aliphatic carbocycles. The molecule has 2 aromatic heterocycles. The number of carbonyl (C=O) groups is 1. The van der Waals surface area contributed by atoms with E-state index in [0.29, 0.717) is 38.2 Å². The molecule has 1 aromatic carbocycles. The van der Waals surface area contributed by atoms with Crippen molar-refractivity contribution in [3.05, 3.63) is 64.0 Å². The highest BCUT2D eigenvalue weighted by Crippen LogP contribution is 2.30. The van der Waals surface area contributed by atoms with E-state index in [0.717, 1.165) is 23.3 Å². The maximum atomic E-state index is 14.2. The van der Waals surface area contributed by atoms with E-state index in [4.69, 9.17) is 5.26 Å². The Bertz CT molecular complexity index is 1400. The zero-order valence-electron chi connectivity index (χ0n) is 18.2. The van der Waals surface area contributed by atoms with Gasteiger partial charge in [0.2, 0.25) is 5.95 Å². The van der Waals surface area contributed by atoms with Gasteiger partial charge in [-0.15, -0.1) is 0 Å². The van der Waals surface area contributed by atoms with Gasteiger partial charge in [-0.3, -0.25) is 4.98 Å². The summed E-state index contributed by atoms with van der Waals surface area (Å²) in [6, 6.07) is 5.04. The van der Waals surface area contributed by atoms with Crippen LogP contribution in [0.15, 0.2) is 40.6 Å². The first-order valence-corrected chi connectivity index (χ1v) is 10.7. The van der Waals surface area contributed by atoms with E-state index >= 15 is 0 Å². The quantitative estimate of drug-likeness (QED) is 0.594. The average molecular weight is 480 g/mol. The van der Waals surface area contributed by atoms with Gasteiger partial charge >= 0.3 is 11.7 Å². The normalized spacial score (nSPS) is 17.6. The van der Waals surface area contributed by atoms with Crippen LogP contribution in [0, 0.1) is 23.0 Å². The zero-order valence-corrected chi connectivity index (χ0v) is 18.2. The Morgan fingerprint density at radius 3 is 2.69 bits per heavy atom. The summed E-state index contributed by atoms with van der Waals surface area (Å²) in [6.45, 7) is 1.32. The summed E-state index contributed by atoms with van der Waals surface area (Å²) in [6.07, 6.45) is 4.08. The number of rotatable bonds is 3. The van der Waals surface area contributed by atoms with Gasteiger partial charge < -0.3 is 9.80 Å². The molecule has 0 bridgehead atoms. The lowest BCUT2D eigenvalue weighted by Gasteiger charge is -2.37. The number of aromatic nitrogens is 5. The molecule has 2 amide bonds. The van der Waals surface area contributed by atoms with E-state index in [1.54, 1.807) is 22.1 Å². The van der Waals surface area contributed by atoms with Crippen molar-refractivity contribution >= 4 is 18.2 Å². The Hall–Kier alpha value is -4.67. The highest BCUT2D eigenvalue weighted by atomic mass is 19.1. The molecule has 0 radical (unpaired) electrons. The van der Waals surface area contributed by atoms with Crippen LogP contribution in [0.25, 0.3) is 5.82 Å². The molecule has 5 rings (SSSR count). The largest absolute Gasteiger partial charge is 0.349 e. The van der Waals surface area contributed by atoms with Gasteiger partial charge in [0, 0.05) is 38.8 Å². The number of anilines is 1. The number of halogens is 2. The SMILES string of the molecule is N#Cc1cc(F)cc(C2CC=NN2C(=O)N2CCN(c3ncc(F)c(-n4nc[nH]c4=O)n3)CC2)c1. The molecule has 0 spiro atoms. The van der Waals surface area contributed by atoms with Crippen LogP contribution in [0.5, 0.6) is 0 Å². The van der Waals surface area contributed by atoms with E-state index in [2.05, 4.69) is 25.2 Å².